The second kappa shape index (κ2) is 18.1. The predicted octanol–water partition coefficient (Wildman–Crippen LogP) is 1.87. The summed E-state index contributed by atoms with van der Waals surface area (Å²) in [4.78, 5) is 60.5. The van der Waals surface area contributed by atoms with Crippen LogP contribution < -0.4 is 5.32 Å². The largest absolute Gasteiger partial charge is 0.462 e. The van der Waals surface area contributed by atoms with Crippen LogP contribution in [-0.2, 0) is 58.8 Å². The number of hydrogen-bond acceptors (Lipinski definition) is 14. The molecule has 1 amide bonds. The Balaban J connectivity index is 1.78. The minimum absolute atomic E-state index is 0.208. The molecule has 2 aromatic carbocycles. The van der Waals surface area contributed by atoms with Crippen molar-refractivity contribution in [3.63, 3.8) is 0 Å². The van der Waals surface area contributed by atoms with Crippen LogP contribution in [0.5, 0.6) is 0 Å². The standard InChI is InChI=1S/C33H41NO14/c1-20(35)42-19-28(45-22(3)37)30-29(46-23(4)38)27(44-21(2)36)18-33(48-30,31(39)40)43-16-15-34-32(41)47-26(25-13-9-6-10-14-25)17-24-11-7-5-8-12-24/h5-14,26-31,39-40H,15-19H2,1-4H3,(H,34,41)/t26?,27-,28-,29-,30-,33-/m1/s1. The molecule has 0 bridgehead atoms. The molecule has 0 aliphatic carbocycles. The lowest BCUT2D eigenvalue weighted by Gasteiger charge is -2.48. The van der Waals surface area contributed by atoms with Crippen LogP contribution in [-0.4, -0.2) is 96.4 Å². The second-order valence-corrected chi connectivity index (χ2v) is 10.9. The number of aliphatic hydroxyl groups is 2. The molecule has 48 heavy (non-hydrogen) atoms. The minimum Gasteiger partial charge on any atom is -0.462 e. The molecule has 1 fully saturated rings. The summed E-state index contributed by atoms with van der Waals surface area (Å²) in [5.41, 5.74) is 1.72. The molecule has 262 valence electrons. The maximum atomic E-state index is 12.9. The molecule has 3 rings (SSSR count). The predicted molar refractivity (Wildman–Crippen MR) is 164 cm³/mol. The summed E-state index contributed by atoms with van der Waals surface area (Å²) >= 11 is 0. The van der Waals surface area contributed by atoms with Gasteiger partial charge in [0, 0.05) is 47.1 Å². The summed E-state index contributed by atoms with van der Waals surface area (Å²) < 4.78 is 38.5. The van der Waals surface area contributed by atoms with Gasteiger partial charge in [-0.2, -0.15) is 0 Å². The van der Waals surface area contributed by atoms with Crippen molar-refractivity contribution in [2.24, 2.45) is 0 Å². The molecule has 1 aliphatic heterocycles. The quantitative estimate of drug-likeness (QED) is 0.107. The molecule has 0 aromatic heterocycles. The molecule has 2 aromatic rings. The van der Waals surface area contributed by atoms with Crippen LogP contribution in [0.3, 0.4) is 0 Å². The van der Waals surface area contributed by atoms with Gasteiger partial charge in [-0.05, 0) is 11.1 Å². The zero-order valence-electron chi connectivity index (χ0n) is 27.1. The zero-order valence-corrected chi connectivity index (χ0v) is 27.1. The highest BCUT2D eigenvalue weighted by molar-refractivity contribution is 5.68. The van der Waals surface area contributed by atoms with E-state index in [0.29, 0.717) is 6.42 Å². The van der Waals surface area contributed by atoms with Gasteiger partial charge in [-0.3, -0.25) is 19.2 Å². The van der Waals surface area contributed by atoms with Gasteiger partial charge in [0.05, 0.1) is 6.61 Å². The number of carbonyl (C=O) groups is 5. The molecule has 15 nitrogen and oxygen atoms in total. The van der Waals surface area contributed by atoms with E-state index < -0.39 is 85.6 Å². The maximum absolute atomic E-state index is 12.9. The Morgan fingerprint density at radius 3 is 2.04 bits per heavy atom. The smallest absolute Gasteiger partial charge is 0.407 e. The van der Waals surface area contributed by atoms with Gasteiger partial charge in [0.2, 0.25) is 12.1 Å². The first-order chi connectivity index (χ1) is 22.8. The number of alkyl carbamates (subject to hydrolysis) is 1. The molecule has 0 spiro atoms. The van der Waals surface area contributed by atoms with E-state index in [-0.39, 0.29) is 13.2 Å². The molecule has 0 radical (unpaired) electrons. The second-order valence-electron chi connectivity index (χ2n) is 10.9. The lowest BCUT2D eigenvalue weighted by molar-refractivity contribution is -0.390. The highest BCUT2D eigenvalue weighted by Crippen LogP contribution is 2.38. The van der Waals surface area contributed by atoms with E-state index in [1.807, 2.05) is 60.7 Å². The van der Waals surface area contributed by atoms with E-state index in [1.165, 1.54) is 0 Å². The van der Waals surface area contributed by atoms with Crippen molar-refractivity contribution in [1.29, 1.82) is 0 Å². The summed E-state index contributed by atoms with van der Waals surface area (Å²) in [5, 5.41) is 23.5. The normalized spacial score (nSPS) is 21.7. The van der Waals surface area contributed by atoms with E-state index in [4.69, 9.17) is 33.2 Å². The van der Waals surface area contributed by atoms with Crippen LogP contribution in [0.4, 0.5) is 4.79 Å². The number of nitrogens with one attached hydrogen (secondary N) is 1. The summed E-state index contributed by atoms with van der Waals surface area (Å²) in [5.74, 6) is -5.62. The van der Waals surface area contributed by atoms with Gasteiger partial charge >= 0.3 is 30.0 Å². The Morgan fingerprint density at radius 1 is 0.854 bits per heavy atom. The van der Waals surface area contributed by atoms with Crippen molar-refractivity contribution in [3.8, 4) is 0 Å². The van der Waals surface area contributed by atoms with Crippen molar-refractivity contribution in [1.82, 2.24) is 5.32 Å². The Kier molecular flexibility index (Phi) is 14.3. The van der Waals surface area contributed by atoms with Gasteiger partial charge < -0.3 is 48.7 Å². The van der Waals surface area contributed by atoms with Crippen molar-refractivity contribution < 1.29 is 67.3 Å². The fourth-order valence-electron chi connectivity index (χ4n) is 5.11. The van der Waals surface area contributed by atoms with Crippen LogP contribution in [0.25, 0.3) is 0 Å². The lowest BCUT2D eigenvalue weighted by Crippen LogP contribution is -2.66. The number of aliphatic hydroxyl groups excluding tert-OH is 1. The number of hydrogen-bond donors (Lipinski definition) is 3. The number of rotatable bonds is 15. The molecule has 1 aliphatic rings. The van der Waals surface area contributed by atoms with Crippen LogP contribution in [0.15, 0.2) is 60.7 Å². The van der Waals surface area contributed by atoms with Crippen LogP contribution in [0.1, 0.15) is 51.3 Å². The fourth-order valence-corrected chi connectivity index (χ4v) is 5.11. The lowest BCUT2D eigenvalue weighted by atomic mass is 9.91. The van der Waals surface area contributed by atoms with E-state index in [2.05, 4.69) is 5.32 Å². The number of carbonyl (C=O) groups excluding carboxylic acids is 5. The van der Waals surface area contributed by atoms with E-state index in [0.717, 1.165) is 38.8 Å². The molecule has 15 heteroatoms. The van der Waals surface area contributed by atoms with Gasteiger partial charge in [0.1, 0.15) is 24.9 Å². The van der Waals surface area contributed by atoms with Gasteiger partial charge in [-0.15, -0.1) is 0 Å². The van der Waals surface area contributed by atoms with E-state index in [9.17, 15) is 34.2 Å². The van der Waals surface area contributed by atoms with Crippen LogP contribution >= 0.6 is 0 Å². The third-order valence-electron chi connectivity index (χ3n) is 7.06. The van der Waals surface area contributed by atoms with E-state index >= 15 is 0 Å². The van der Waals surface area contributed by atoms with Gasteiger partial charge in [-0.1, -0.05) is 60.7 Å². The third kappa shape index (κ3) is 11.6. The van der Waals surface area contributed by atoms with Crippen molar-refractivity contribution in [3.05, 3.63) is 71.8 Å². The highest BCUT2D eigenvalue weighted by Gasteiger charge is 2.57. The number of benzene rings is 2. The SMILES string of the molecule is CC(=O)OC[C@@H](OC(C)=O)[C@H]1O[C@@](OCCNC(=O)OC(Cc2ccccc2)c2ccccc2)(C(O)O)C[C@@H](OC(C)=O)[C@H]1OC(C)=O. The molecule has 1 saturated heterocycles. The number of ether oxygens (including phenoxy) is 7. The van der Waals surface area contributed by atoms with Crippen LogP contribution in [0, 0.1) is 0 Å². The molecular formula is C33H41NO14. The zero-order chi connectivity index (χ0) is 35.3. The molecule has 3 N–H and O–H groups in total. The van der Waals surface area contributed by atoms with Gasteiger partial charge in [-0.25, -0.2) is 4.79 Å². The molecule has 1 heterocycles. The maximum Gasteiger partial charge on any atom is 0.407 e. The fraction of sp³-hybridized carbons (Fsp3) is 0.485. The molecule has 6 atom stereocenters. The first kappa shape index (κ1) is 37.9. The number of amides is 1. The summed E-state index contributed by atoms with van der Waals surface area (Å²) in [7, 11) is 0. The monoisotopic (exact) mass is 675 g/mol. The minimum atomic E-state index is -2.40. The Bertz CT molecular complexity index is 1370. The Labute approximate surface area is 277 Å². The summed E-state index contributed by atoms with van der Waals surface area (Å²) in [6.45, 7) is 3.12. The molecule has 0 saturated carbocycles. The summed E-state index contributed by atoms with van der Waals surface area (Å²) in [6.07, 6.45) is -9.93. The molecular weight excluding hydrogens is 634 g/mol. The van der Waals surface area contributed by atoms with E-state index in [1.54, 1.807) is 0 Å². The Morgan fingerprint density at radius 2 is 1.48 bits per heavy atom. The number of esters is 4. The molecule has 1 unspecified atom stereocenters. The van der Waals surface area contributed by atoms with Crippen molar-refractivity contribution in [2.45, 2.75) is 83.1 Å². The van der Waals surface area contributed by atoms with Crippen molar-refractivity contribution in [2.75, 3.05) is 19.8 Å². The first-order valence-corrected chi connectivity index (χ1v) is 15.2. The third-order valence-corrected chi connectivity index (χ3v) is 7.06. The highest BCUT2D eigenvalue weighted by atomic mass is 16.8. The van der Waals surface area contributed by atoms with Gasteiger partial charge in [0.15, 0.2) is 12.2 Å². The van der Waals surface area contributed by atoms with Crippen molar-refractivity contribution >= 4 is 30.0 Å². The average Bonchev–Trinajstić information content (AvgIpc) is 3.02. The summed E-state index contributed by atoms with van der Waals surface area (Å²) in [6, 6.07) is 18.6. The topological polar surface area (TPSA) is 202 Å². The van der Waals surface area contributed by atoms with Crippen LogP contribution in [0.2, 0.25) is 0 Å². The first-order valence-electron chi connectivity index (χ1n) is 15.2. The van der Waals surface area contributed by atoms with Gasteiger partial charge in [0.25, 0.3) is 0 Å². The Hall–Kier alpha value is -4.57. The average molecular weight is 676 g/mol.